The van der Waals surface area contributed by atoms with E-state index < -0.39 is 0 Å². The van der Waals surface area contributed by atoms with Gasteiger partial charge in [-0.1, -0.05) is 82.2 Å². The Kier molecular flexibility index (Phi) is 7.66. The predicted octanol–water partition coefficient (Wildman–Crippen LogP) is 6.86. The number of nitrogens with zero attached hydrogens (tertiary/aromatic N) is 1. The van der Waals surface area contributed by atoms with Gasteiger partial charge in [0, 0.05) is 6.20 Å². The molecule has 1 nitrogen and oxygen atoms in total. The Balaban J connectivity index is 2.07. The topological polar surface area (TPSA) is 12.9 Å². The van der Waals surface area contributed by atoms with E-state index in [0.717, 1.165) is 12.1 Å². The third-order valence-electron chi connectivity index (χ3n) is 4.73. The molecule has 1 atom stereocenters. The lowest BCUT2D eigenvalue weighted by Gasteiger charge is -2.13. The van der Waals surface area contributed by atoms with Crippen LogP contribution in [0.3, 0.4) is 0 Å². The highest BCUT2D eigenvalue weighted by Crippen LogP contribution is 2.24. The van der Waals surface area contributed by atoms with Crippen molar-refractivity contribution in [3.63, 3.8) is 0 Å². The molecule has 1 aromatic heterocycles. The van der Waals surface area contributed by atoms with Crippen LogP contribution in [-0.2, 0) is 6.42 Å². The van der Waals surface area contributed by atoms with Gasteiger partial charge in [-0.2, -0.15) is 0 Å². The van der Waals surface area contributed by atoms with Gasteiger partial charge in [-0.05, 0) is 54.0 Å². The van der Waals surface area contributed by atoms with Crippen LogP contribution in [-0.4, -0.2) is 4.98 Å². The van der Waals surface area contributed by atoms with Gasteiger partial charge in [0.2, 0.25) is 0 Å². The van der Waals surface area contributed by atoms with Gasteiger partial charge >= 0.3 is 0 Å². The summed E-state index contributed by atoms with van der Waals surface area (Å²) in [7, 11) is 0. The molecule has 0 saturated heterocycles. The van der Waals surface area contributed by atoms with Gasteiger partial charge < -0.3 is 0 Å². The van der Waals surface area contributed by atoms with E-state index in [4.69, 9.17) is 0 Å². The summed E-state index contributed by atoms with van der Waals surface area (Å²) >= 11 is 0. The van der Waals surface area contributed by atoms with E-state index in [9.17, 15) is 0 Å². The molecule has 0 spiro atoms. The number of unbranched alkanes of at least 4 members (excludes halogenated alkanes) is 2. The molecule has 0 bridgehead atoms. The van der Waals surface area contributed by atoms with Crippen molar-refractivity contribution in [2.45, 2.75) is 58.8 Å². The fourth-order valence-electron chi connectivity index (χ4n) is 3.19. The molecule has 0 fully saturated rings. The van der Waals surface area contributed by atoms with E-state index >= 15 is 0 Å². The number of aryl methyl sites for hydroxylation is 1. The maximum atomic E-state index is 4.58. The summed E-state index contributed by atoms with van der Waals surface area (Å²) in [5.41, 5.74) is 6.32. The van der Waals surface area contributed by atoms with Crippen molar-refractivity contribution in [2.75, 3.05) is 0 Å². The number of hydrogen-bond acceptors (Lipinski definition) is 1. The highest BCUT2D eigenvalue weighted by atomic mass is 14.7. The zero-order chi connectivity index (χ0) is 18.1. The van der Waals surface area contributed by atoms with Crippen LogP contribution in [0.25, 0.3) is 6.08 Å². The highest BCUT2D eigenvalue weighted by Gasteiger charge is 2.07. The average molecular weight is 334 g/mol. The van der Waals surface area contributed by atoms with Crippen LogP contribution >= 0.6 is 0 Å². The van der Waals surface area contributed by atoms with Gasteiger partial charge in [0.05, 0.1) is 5.69 Å². The predicted molar refractivity (Wildman–Crippen MR) is 110 cm³/mol. The van der Waals surface area contributed by atoms with Crippen LogP contribution in [0.2, 0.25) is 0 Å². The molecular weight excluding hydrogens is 302 g/mol. The molecule has 0 aliphatic carbocycles. The van der Waals surface area contributed by atoms with E-state index in [1.165, 1.54) is 47.9 Å². The van der Waals surface area contributed by atoms with Crippen LogP contribution in [0, 0.1) is 6.92 Å². The summed E-state index contributed by atoms with van der Waals surface area (Å²) in [6, 6.07) is 11.3. The number of pyridine rings is 1. The van der Waals surface area contributed by atoms with E-state index in [1.807, 2.05) is 18.3 Å². The lowest BCUT2D eigenvalue weighted by molar-refractivity contribution is 0.598. The molecule has 1 unspecified atom stereocenters. The van der Waals surface area contributed by atoms with Crippen molar-refractivity contribution >= 4 is 6.08 Å². The van der Waals surface area contributed by atoms with E-state index in [-0.39, 0.29) is 0 Å². The average Bonchev–Trinajstić information content (AvgIpc) is 2.61. The quantitative estimate of drug-likeness (QED) is 0.360. The normalized spacial score (nSPS) is 12.4. The SMILES string of the molecule is C=C/C=C\c1ncc(Cc2cccc(C(C)CCCCC)c2)cc1C. The van der Waals surface area contributed by atoms with Crippen LogP contribution in [0.4, 0.5) is 0 Å². The first-order valence-electron chi connectivity index (χ1n) is 9.47. The third-order valence-corrected chi connectivity index (χ3v) is 4.73. The largest absolute Gasteiger partial charge is 0.256 e. The lowest BCUT2D eigenvalue weighted by atomic mass is 9.92. The van der Waals surface area contributed by atoms with E-state index in [0.29, 0.717) is 5.92 Å². The fourth-order valence-corrected chi connectivity index (χ4v) is 3.19. The summed E-state index contributed by atoms with van der Waals surface area (Å²) < 4.78 is 0. The standard InChI is InChI=1S/C24H31N/c1-5-7-9-11-19(3)23-13-10-12-21(17-23)16-22-15-20(4)24(25-18-22)14-8-6-2/h6,8,10,12-15,17-19H,2,5,7,9,11,16H2,1,3-4H3/b14-8-. The summed E-state index contributed by atoms with van der Waals surface area (Å²) in [6.45, 7) is 10.4. The minimum Gasteiger partial charge on any atom is -0.256 e. The fraction of sp³-hybridized carbons (Fsp3) is 0.375. The number of allylic oxidation sites excluding steroid dienone is 2. The Morgan fingerprint density at radius 1 is 1.16 bits per heavy atom. The summed E-state index contributed by atoms with van der Waals surface area (Å²) in [5.74, 6) is 0.637. The maximum absolute atomic E-state index is 4.58. The molecule has 0 aliphatic heterocycles. The Labute approximate surface area is 153 Å². The molecule has 2 rings (SSSR count). The maximum Gasteiger partial charge on any atom is 0.0658 e. The molecule has 132 valence electrons. The minimum absolute atomic E-state index is 0.637. The molecule has 1 heteroatoms. The van der Waals surface area contributed by atoms with Crippen molar-refractivity contribution in [3.05, 3.63) is 83.2 Å². The Bertz CT molecular complexity index is 712. The van der Waals surface area contributed by atoms with Crippen molar-refractivity contribution in [1.29, 1.82) is 0 Å². The molecule has 0 N–H and O–H groups in total. The molecule has 0 saturated carbocycles. The number of aromatic nitrogens is 1. The van der Waals surface area contributed by atoms with Gasteiger partial charge in [0.15, 0.2) is 0 Å². The van der Waals surface area contributed by atoms with Gasteiger partial charge in [-0.25, -0.2) is 0 Å². The number of hydrogen-bond donors (Lipinski definition) is 0. The second kappa shape index (κ2) is 9.98. The summed E-state index contributed by atoms with van der Waals surface area (Å²) in [5, 5.41) is 0. The van der Waals surface area contributed by atoms with Crippen molar-refractivity contribution < 1.29 is 0 Å². The van der Waals surface area contributed by atoms with Crippen molar-refractivity contribution in [3.8, 4) is 0 Å². The first kappa shape index (κ1) is 19.2. The van der Waals surface area contributed by atoms with Gasteiger partial charge in [-0.15, -0.1) is 0 Å². The summed E-state index contributed by atoms with van der Waals surface area (Å²) in [6.07, 6.45) is 13.9. The van der Waals surface area contributed by atoms with Crippen molar-refractivity contribution in [1.82, 2.24) is 4.98 Å². The van der Waals surface area contributed by atoms with Gasteiger partial charge in [0.1, 0.15) is 0 Å². The molecule has 0 amide bonds. The second-order valence-corrected chi connectivity index (χ2v) is 6.96. The molecule has 1 heterocycles. The first-order chi connectivity index (χ1) is 12.1. The molecule has 0 radical (unpaired) electrons. The minimum atomic E-state index is 0.637. The molecule has 1 aromatic carbocycles. The first-order valence-corrected chi connectivity index (χ1v) is 9.47. The van der Waals surface area contributed by atoms with Crippen LogP contribution in [0.5, 0.6) is 0 Å². The van der Waals surface area contributed by atoms with E-state index in [1.54, 1.807) is 6.08 Å². The van der Waals surface area contributed by atoms with Gasteiger partial charge in [0.25, 0.3) is 0 Å². The van der Waals surface area contributed by atoms with Crippen LogP contribution < -0.4 is 0 Å². The monoisotopic (exact) mass is 333 g/mol. The molecule has 2 aromatic rings. The molecular formula is C24H31N. The second-order valence-electron chi connectivity index (χ2n) is 6.96. The van der Waals surface area contributed by atoms with Crippen LogP contribution in [0.15, 0.2) is 55.3 Å². The zero-order valence-electron chi connectivity index (χ0n) is 16.0. The smallest absolute Gasteiger partial charge is 0.0658 e. The molecule has 0 aliphatic rings. The number of rotatable bonds is 9. The van der Waals surface area contributed by atoms with Crippen LogP contribution in [0.1, 0.15) is 73.4 Å². The number of benzene rings is 1. The lowest BCUT2D eigenvalue weighted by Crippen LogP contribution is -1.97. The van der Waals surface area contributed by atoms with E-state index in [2.05, 4.69) is 62.7 Å². The van der Waals surface area contributed by atoms with Gasteiger partial charge in [-0.3, -0.25) is 4.98 Å². The third kappa shape index (κ3) is 6.01. The Morgan fingerprint density at radius 2 is 2.00 bits per heavy atom. The Hall–Kier alpha value is -2.15. The Morgan fingerprint density at radius 3 is 2.72 bits per heavy atom. The van der Waals surface area contributed by atoms with Crippen molar-refractivity contribution in [2.24, 2.45) is 0 Å². The molecule has 25 heavy (non-hydrogen) atoms. The zero-order valence-corrected chi connectivity index (χ0v) is 16.0. The summed E-state index contributed by atoms with van der Waals surface area (Å²) in [4.78, 5) is 4.58. The highest BCUT2D eigenvalue weighted by molar-refractivity contribution is 5.51.